The molecule has 2 atom stereocenters. The lowest BCUT2D eigenvalue weighted by Crippen LogP contribution is -2.41. The largest absolute Gasteiger partial charge is 0.481 e. The summed E-state index contributed by atoms with van der Waals surface area (Å²) in [7, 11) is 0. The molecule has 0 spiro atoms. The quantitative estimate of drug-likeness (QED) is 0.890. The Bertz CT molecular complexity index is 565. The Morgan fingerprint density at radius 2 is 2.14 bits per heavy atom. The molecular formula is C14H16Cl2N2O3. The zero-order chi connectivity index (χ0) is 15.6. The van der Waals surface area contributed by atoms with Gasteiger partial charge in [0.1, 0.15) is 0 Å². The number of carboxylic acid groups (broad SMARTS) is 1. The maximum atomic E-state index is 12.2. The molecule has 1 aliphatic heterocycles. The number of amides is 1. The molecule has 2 rings (SSSR count). The SMILES string of the molecule is CC(C(=O)Nc1cccc(Cl)c1Cl)N1CCC(C(=O)O)C1. The summed E-state index contributed by atoms with van der Waals surface area (Å²) in [5, 5.41) is 12.4. The first-order chi connectivity index (χ1) is 9.90. The van der Waals surface area contributed by atoms with Gasteiger partial charge >= 0.3 is 5.97 Å². The highest BCUT2D eigenvalue weighted by molar-refractivity contribution is 6.44. The van der Waals surface area contributed by atoms with E-state index in [-0.39, 0.29) is 5.91 Å². The third kappa shape index (κ3) is 3.67. The average molecular weight is 331 g/mol. The van der Waals surface area contributed by atoms with Gasteiger partial charge in [0.25, 0.3) is 0 Å². The van der Waals surface area contributed by atoms with Gasteiger partial charge in [0.05, 0.1) is 27.7 Å². The topological polar surface area (TPSA) is 69.6 Å². The van der Waals surface area contributed by atoms with Gasteiger partial charge in [-0.25, -0.2) is 0 Å². The van der Waals surface area contributed by atoms with Crippen LogP contribution in [-0.4, -0.2) is 41.0 Å². The highest BCUT2D eigenvalue weighted by Gasteiger charge is 2.33. The van der Waals surface area contributed by atoms with Gasteiger partial charge in [-0.15, -0.1) is 0 Å². The van der Waals surface area contributed by atoms with Gasteiger partial charge in [-0.05, 0) is 32.0 Å². The van der Waals surface area contributed by atoms with Crippen LogP contribution in [0.4, 0.5) is 5.69 Å². The van der Waals surface area contributed by atoms with E-state index in [1.165, 1.54) is 0 Å². The second-order valence-electron chi connectivity index (χ2n) is 5.09. The number of carbonyl (C=O) groups excluding carboxylic acids is 1. The van der Waals surface area contributed by atoms with E-state index in [1.807, 2.05) is 4.90 Å². The monoisotopic (exact) mass is 330 g/mol. The number of nitrogens with zero attached hydrogens (tertiary/aromatic N) is 1. The summed E-state index contributed by atoms with van der Waals surface area (Å²) < 4.78 is 0. The molecule has 1 amide bonds. The van der Waals surface area contributed by atoms with E-state index in [2.05, 4.69) is 5.32 Å². The van der Waals surface area contributed by atoms with Crippen molar-refractivity contribution in [2.24, 2.45) is 5.92 Å². The van der Waals surface area contributed by atoms with Crippen molar-refractivity contribution in [3.05, 3.63) is 28.2 Å². The minimum absolute atomic E-state index is 0.231. The lowest BCUT2D eigenvalue weighted by Gasteiger charge is -2.23. The van der Waals surface area contributed by atoms with E-state index in [9.17, 15) is 9.59 Å². The summed E-state index contributed by atoms with van der Waals surface area (Å²) >= 11 is 11.9. The first-order valence-electron chi connectivity index (χ1n) is 6.62. The predicted octanol–water partition coefficient (Wildman–Crippen LogP) is 2.73. The number of benzene rings is 1. The Morgan fingerprint density at radius 1 is 1.43 bits per heavy atom. The van der Waals surface area contributed by atoms with Crippen LogP contribution in [-0.2, 0) is 9.59 Å². The Hall–Kier alpha value is -1.30. The minimum atomic E-state index is -0.817. The summed E-state index contributed by atoms with van der Waals surface area (Å²) in [6.45, 7) is 2.72. The van der Waals surface area contributed by atoms with Crippen molar-refractivity contribution < 1.29 is 14.7 Å². The van der Waals surface area contributed by atoms with Crippen LogP contribution in [0, 0.1) is 5.92 Å². The number of carbonyl (C=O) groups is 2. The van der Waals surface area contributed by atoms with E-state index in [0.717, 1.165) is 0 Å². The Kier molecular flexibility index (Phi) is 5.08. The standard InChI is InChI=1S/C14H16Cl2N2O3/c1-8(18-6-5-9(7-18)14(20)21)13(19)17-11-4-2-3-10(15)12(11)16/h2-4,8-9H,5-7H2,1H3,(H,17,19)(H,20,21). The number of halogens is 2. The van der Waals surface area contributed by atoms with Crippen LogP contribution in [0.2, 0.25) is 10.0 Å². The molecule has 1 saturated heterocycles. The van der Waals surface area contributed by atoms with E-state index in [0.29, 0.717) is 35.2 Å². The average Bonchev–Trinajstić information content (AvgIpc) is 2.93. The highest BCUT2D eigenvalue weighted by atomic mass is 35.5. The van der Waals surface area contributed by atoms with Crippen molar-refractivity contribution in [1.82, 2.24) is 4.90 Å². The van der Waals surface area contributed by atoms with E-state index < -0.39 is 17.9 Å². The van der Waals surface area contributed by atoms with Crippen molar-refractivity contribution in [2.75, 3.05) is 18.4 Å². The molecule has 0 bridgehead atoms. The normalized spacial score (nSPS) is 20.2. The van der Waals surface area contributed by atoms with Crippen LogP contribution in [0.3, 0.4) is 0 Å². The fraction of sp³-hybridized carbons (Fsp3) is 0.429. The van der Waals surface area contributed by atoms with Gasteiger partial charge in [0, 0.05) is 6.54 Å². The number of carboxylic acids is 1. The summed E-state index contributed by atoms with van der Waals surface area (Å²) in [4.78, 5) is 25.0. The minimum Gasteiger partial charge on any atom is -0.481 e. The molecule has 5 nitrogen and oxygen atoms in total. The molecule has 2 N–H and O–H groups in total. The van der Waals surface area contributed by atoms with Crippen molar-refractivity contribution in [3.8, 4) is 0 Å². The molecule has 1 aliphatic rings. The molecule has 0 radical (unpaired) electrons. The van der Waals surface area contributed by atoms with E-state index in [1.54, 1.807) is 25.1 Å². The fourth-order valence-electron chi connectivity index (χ4n) is 2.34. The third-order valence-electron chi connectivity index (χ3n) is 3.71. The van der Waals surface area contributed by atoms with Gasteiger partial charge in [0.15, 0.2) is 0 Å². The number of anilines is 1. The Labute approximate surface area is 132 Å². The smallest absolute Gasteiger partial charge is 0.307 e. The van der Waals surface area contributed by atoms with Crippen LogP contribution in [0.25, 0.3) is 0 Å². The molecular weight excluding hydrogens is 315 g/mol. The molecule has 1 heterocycles. The van der Waals surface area contributed by atoms with Crippen LogP contribution in [0.5, 0.6) is 0 Å². The van der Waals surface area contributed by atoms with Gasteiger partial charge < -0.3 is 10.4 Å². The van der Waals surface area contributed by atoms with Gasteiger partial charge in [-0.2, -0.15) is 0 Å². The lowest BCUT2D eigenvalue weighted by molar-refractivity contribution is -0.141. The van der Waals surface area contributed by atoms with E-state index in [4.69, 9.17) is 28.3 Å². The molecule has 1 aromatic carbocycles. The summed E-state index contributed by atoms with van der Waals surface area (Å²) in [6, 6.07) is 4.58. The number of likely N-dealkylation sites (tertiary alicyclic amines) is 1. The highest BCUT2D eigenvalue weighted by Crippen LogP contribution is 2.30. The van der Waals surface area contributed by atoms with Crippen molar-refractivity contribution in [2.45, 2.75) is 19.4 Å². The first-order valence-corrected chi connectivity index (χ1v) is 7.37. The predicted molar refractivity (Wildman–Crippen MR) is 81.9 cm³/mol. The zero-order valence-electron chi connectivity index (χ0n) is 11.5. The molecule has 7 heteroatoms. The molecule has 114 valence electrons. The summed E-state index contributed by atoms with van der Waals surface area (Å²) in [6.07, 6.45) is 0.560. The van der Waals surface area contributed by atoms with Crippen molar-refractivity contribution in [1.29, 1.82) is 0 Å². The number of hydrogen-bond acceptors (Lipinski definition) is 3. The Morgan fingerprint density at radius 3 is 2.76 bits per heavy atom. The van der Waals surface area contributed by atoms with Crippen LogP contribution in [0.1, 0.15) is 13.3 Å². The fourth-order valence-corrected chi connectivity index (χ4v) is 2.69. The number of nitrogens with one attached hydrogen (secondary N) is 1. The molecule has 1 fully saturated rings. The van der Waals surface area contributed by atoms with Gasteiger partial charge in [-0.3, -0.25) is 14.5 Å². The number of aliphatic carboxylic acids is 1. The van der Waals surface area contributed by atoms with Crippen LogP contribution < -0.4 is 5.32 Å². The summed E-state index contributed by atoms with van der Waals surface area (Å²) in [5.74, 6) is -1.46. The van der Waals surface area contributed by atoms with Crippen LogP contribution >= 0.6 is 23.2 Å². The van der Waals surface area contributed by atoms with Crippen molar-refractivity contribution in [3.63, 3.8) is 0 Å². The molecule has 21 heavy (non-hydrogen) atoms. The van der Waals surface area contributed by atoms with E-state index >= 15 is 0 Å². The molecule has 2 unspecified atom stereocenters. The second kappa shape index (κ2) is 6.64. The van der Waals surface area contributed by atoms with Gasteiger partial charge in [-0.1, -0.05) is 29.3 Å². The summed E-state index contributed by atoms with van der Waals surface area (Å²) in [5.41, 5.74) is 0.454. The molecule has 0 saturated carbocycles. The zero-order valence-corrected chi connectivity index (χ0v) is 13.0. The third-order valence-corrected chi connectivity index (χ3v) is 4.52. The maximum Gasteiger partial charge on any atom is 0.307 e. The lowest BCUT2D eigenvalue weighted by atomic mass is 10.1. The second-order valence-corrected chi connectivity index (χ2v) is 5.87. The maximum absolute atomic E-state index is 12.2. The number of rotatable bonds is 4. The first kappa shape index (κ1) is 16.1. The molecule has 1 aromatic rings. The van der Waals surface area contributed by atoms with Crippen LogP contribution in [0.15, 0.2) is 18.2 Å². The number of hydrogen-bond donors (Lipinski definition) is 2. The Balaban J connectivity index is 2.00. The molecule has 0 aromatic heterocycles. The van der Waals surface area contributed by atoms with Gasteiger partial charge in [0.2, 0.25) is 5.91 Å². The molecule has 0 aliphatic carbocycles. The van der Waals surface area contributed by atoms with Crippen molar-refractivity contribution >= 4 is 40.8 Å².